The van der Waals surface area contributed by atoms with Crippen LogP contribution in [0.2, 0.25) is 0 Å². The van der Waals surface area contributed by atoms with Gasteiger partial charge in [0.15, 0.2) is 0 Å². The van der Waals surface area contributed by atoms with Crippen molar-refractivity contribution in [3.8, 4) is 0 Å². The zero-order valence-corrected chi connectivity index (χ0v) is 8.55. The molecule has 15 heavy (non-hydrogen) atoms. The first kappa shape index (κ1) is 11.6. The van der Waals surface area contributed by atoms with Crippen LogP contribution in [0.3, 0.4) is 0 Å². The number of rotatable bonds is 6. The van der Waals surface area contributed by atoms with Crippen LogP contribution in [0.1, 0.15) is 12.7 Å². The third-order valence-electron chi connectivity index (χ3n) is 2.00. The van der Waals surface area contributed by atoms with E-state index in [0.29, 0.717) is 6.54 Å². The number of hydrogen-bond acceptors (Lipinski definition) is 5. The van der Waals surface area contributed by atoms with Gasteiger partial charge in [0.05, 0.1) is 6.54 Å². The predicted octanol–water partition coefficient (Wildman–Crippen LogP) is -1.20. The summed E-state index contributed by atoms with van der Waals surface area (Å²) in [5, 5.41) is 19.1. The zero-order valence-electron chi connectivity index (χ0n) is 8.55. The number of aromatic nitrogens is 3. The van der Waals surface area contributed by atoms with Crippen molar-refractivity contribution in [2.45, 2.75) is 26.1 Å². The molecule has 7 nitrogen and oxygen atoms in total. The lowest BCUT2D eigenvalue weighted by Crippen LogP contribution is -2.40. The van der Waals surface area contributed by atoms with Gasteiger partial charge in [-0.15, -0.1) is 10.2 Å². The Morgan fingerprint density at radius 3 is 3.13 bits per heavy atom. The average Bonchev–Trinajstić information content (AvgIpc) is 2.65. The van der Waals surface area contributed by atoms with Gasteiger partial charge in [-0.05, 0) is 6.92 Å². The molecule has 1 heterocycles. The molecule has 4 N–H and O–H groups in total. The van der Waals surface area contributed by atoms with Crippen molar-refractivity contribution in [1.29, 1.82) is 0 Å². The Morgan fingerprint density at radius 2 is 2.53 bits per heavy atom. The van der Waals surface area contributed by atoms with Crippen LogP contribution >= 0.6 is 0 Å². The topological polar surface area (TPSA) is 106 Å². The monoisotopic (exact) mass is 213 g/mol. The number of carboxylic acids is 1. The lowest BCUT2D eigenvalue weighted by molar-refractivity contribution is -0.138. The van der Waals surface area contributed by atoms with Crippen LogP contribution < -0.4 is 11.1 Å². The van der Waals surface area contributed by atoms with Gasteiger partial charge < -0.3 is 20.7 Å². The molecule has 0 saturated heterocycles. The molecule has 1 aromatic heterocycles. The van der Waals surface area contributed by atoms with Crippen molar-refractivity contribution in [3.05, 3.63) is 12.2 Å². The number of aliphatic carboxylic acids is 1. The first-order chi connectivity index (χ1) is 7.15. The Balaban J connectivity index is 2.34. The fourth-order valence-corrected chi connectivity index (χ4v) is 1.11. The minimum atomic E-state index is -1.01. The van der Waals surface area contributed by atoms with Gasteiger partial charge >= 0.3 is 5.97 Å². The second kappa shape index (κ2) is 5.42. The maximum Gasteiger partial charge on any atom is 0.321 e. The van der Waals surface area contributed by atoms with E-state index < -0.39 is 12.0 Å². The highest BCUT2D eigenvalue weighted by molar-refractivity contribution is 5.73. The lowest BCUT2D eigenvalue weighted by Gasteiger charge is -2.08. The molecule has 0 radical (unpaired) electrons. The molecule has 84 valence electrons. The maximum atomic E-state index is 10.4. The second-order valence-electron chi connectivity index (χ2n) is 3.11. The van der Waals surface area contributed by atoms with Gasteiger partial charge in [0.1, 0.15) is 18.2 Å². The number of nitrogens with zero attached hydrogens (tertiary/aromatic N) is 3. The summed E-state index contributed by atoms with van der Waals surface area (Å²) in [4.78, 5) is 10.4. The Bertz CT molecular complexity index is 325. The van der Waals surface area contributed by atoms with Crippen LogP contribution in [0.4, 0.5) is 0 Å². The van der Waals surface area contributed by atoms with Crippen LogP contribution in [0.5, 0.6) is 0 Å². The molecule has 0 spiro atoms. The third-order valence-corrected chi connectivity index (χ3v) is 2.00. The predicted molar refractivity (Wildman–Crippen MR) is 53.0 cm³/mol. The summed E-state index contributed by atoms with van der Waals surface area (Å²) in [5.74, 6) is -0.241. The van der Waals surface area contributed by atoms with Crippen molar-refractivity contribution >= 4 is 5.97 Å². The van der Waals surface area contributed by atoms with E-state index in [1.165, 1.54) is 0 Å². The highest BCUT2D eigenvalue weighted by atomic mass is 16.4. The normalized spacial score (nSPS) is 12.7. The number of nitrogens with two attached hydrogens (primary N) is 1. The Kier molecular flexibility index (Phi) is 4.19. The molecule has 0 aromatic carbocycles. The Morgan fingerprint density at radius 1 is 1.80 bits per heavy atom. The molecule has 1 atom stereocenters. The quantitative estimate of drug-likeness (QED) is 0.548. The summed E-state index contributed by atoms with van der Waals surface area (Å²) in [5.41, 5.74) is 5.32. The molecule has 0 aliphatic rings. The van der Waals surface area contributed by atoms with Crippen molar-refractivity contribution in [1.82, 2.24) is 20.1 Å². The standard InChI is InChI=1S/C8H15N5O2/c1-2-13-5-11-12-7(13)4-10-3-6(9)8(14)15/h5-6,10H,2-4,9H2,1H3,(H,14,15). The molecule has 1 rings (SSSR count). The Labute approximate surface area is 87.3 Å². The lowest BCUT2D eigenvalue weighted by atomic mass is 10.3. The Hall–Kier alpha value is -1.47. The SMILES string of the molecule is CCn1cnnc1CNCC(N)C(=O)O. The smallest absolute Gasteiger partial charge is 0.321 e. The van der Waals surface area contributed by atoms with Crippen LogP contribution in [0, 0.1) is 0 Å². The van der Waals surface area contributed by atoms with Gasteiger partial charge in [-0.1, -0.05) is 0 Å². The van der Waals surface area contributed by atoms with Crippen LogP contribution in [-0.4, -0.2) is 38.4 Å². The summed E-state index contributed by atoms with van der Waals surface area (Å²) < 4.78 is 1.87. The first-order valence-corrected chi connectivity index (χ1v) is 4.71. The van der Waals surface area contributed by atoms with E-state index >= 15 is 0 Å². The third kappa shape index (κ3) is 3.30. The molecule has 0 aliphatic heterocycles. The van der Waals surface area contributed by atoms with E-state index in [9.17, 15) is 4.79 Å². The molecule has 0 amide bonds. The number of aryl methyl sites for hydroxylation is 1. The molecule has 0 saturated carbocycles. The van der Waals surface area contributed by atoms with E-state index in [-0.39, 0.29) is 6.54 Å². The molecule has 7 heteroatoms. The van der Waals surface area contributed by atoms with E-state index in [0.717, 1.165) is 12.4 Å². The van der Waals surface area contributed by atoms with Gasteiger partial charge in [0, 0.05) is 13.1 Å². The zero-order chi connectivity index (χ0) is 11.3. The molecular weight excluding hydrogens is 198 g/mol. The van der Waals surface area contributed by atoms with Gasteiger partial charge in [0.25, 0.3) is 0 Å². The molecule has 0 fully saturated rings. The highest BCUT2D eigenvalue weighted by Gasteiger charge is 2.10. The van der Waals surface area contributed by atoms with Crippen LogP contribution in [0.15, 0.2) is 6.33 Å². The molecule has 1 aromatic rings. The van der Waals surface area contributed by atoms with Gasteiger partial charge in [0.2, 0.25) is 0 Å². The molecule has 0 aliphatic carbocycles. The minimum Gasteiger partial charge on any atom is -0.480 e. The van der Waals surface area contributed by atoms with Crippen molar-refractivity contribution in [2.24, 2.45) is 5.73 Å². The summed E-state index contributed by atoms with van der Waals surface area (Å²) in [6.45, 7) is 3.45. The van der Waals surface area contributed by atoms with Crippen molar-refractivity contribution in [2.75, 3.05) is 6.54 Å². The van der Waals surface area contributed by atoms with Gasteiger partial charge in [-0.2, -0.15) is 0 Å². The fourth-order valence-electron chi connectivity index (χ4n) is 1.11. The summed E-state index contributed by atoms with van der Waals surface area (Å²) in [7, 11) is 0. The number of carbonyl (C=O) groups is 1. The molecule has 0 bridgehead atoms. The second-order valence-corrected chi connectivity index (χ2v) is 3.11. The highest BCUT2D eigenvalue weighted by Crippen LogP contribution is 1.93. The summed E-state index contributed by atoms with van der Waals surface area (Å²) in [6.07, 6.45) is 1.63. The van der Waals surface area contributed by atoms with E-state index in [4.69, 9.17) is 10.8 Å². The van der Waals surface area contributed by atoms with Gasteiger partial charge in [-0.25, -0.2) is 0 Å². The minimum absolute atomic E-state index is 0.214. The average molecular weight is 213 g/mol. The van der Waals surface area contributed by atoms with E-state index in [2.05, 4.69) is 15.5 Å². The van der Waals surface area contributed by atoms with E-state index in [1.807, 2.05) is 11.5 Å². The summed E-state index contributed by atoms with van der Waals surface area (Å²) in [6, 6.07) is -0.886. The van der Waals surface area contributed by atoms with Crippen molar-refractivity contribution in [3.63, 3.8) is 0 Å². The number of carboxylic acid groups (broad SMARTS) is 1. The fraction of sp³-hybridized carbons (Fsp3) is 0.625. The molecular formula is C8H15N5O2. The van der Waals surface area contributed by atoms with E-state index in [1.54, 1.807) is 6.33 Å². The summed E-state index contributed by atoms with van der Waals surface area (Å²) >= 11 is 0. The van der Waals surface area contributed by atoms with Crippen LogP contribution in [0.25, 0.3) is 0 Å². The van der Waals surface area contributed by atoms with Crippen LogP contribution in [-0.2, 0) is 17.9 Å². The largest absolute Gasteiger partial charge is 0.480 e. The van der Waals surface area contributed by atoms with Crippen molar-refractivity contribution < 1.29 is 9.90 Å². The maximum absolute atomic E-state index is 10.4. The first-order valence-electron chi connectivity index (χ1n) is 4.71. The molecule has 1 unspecified atom stereocenters. The van der Waals surface area contributed by atoms with Gasteiger partial charge in [-0.3, -0.25) is 4.79 Å². The number of nitrogens with one attached hydrogen (secondary N) is 1. The number of hydrogen-bond donors (Lipinski definition) is 3.